The van der Waals surface area contributed by atoms with Gasteiger partial charge in [0.1, 0.15) is 6.33 Å². The molecule has 0 saturated carbocycles. The van der Waals surface area contributed by atoms with Crippen molar-refractivity contribution in [3.63, 3.8) is 0 Å². The minimum atomic E-state index is -1.43. The van der Waals surface area contributed by atoms with Gasteiger partial charge in [-0.25, -0.2) is 9.97 Å². The molecule has 0 aliphatic heterocycles. The zero-order valence-electron chi connectivity index (χ0n) is 16.2. The first-order valence-electron chi connectivity index (χ1n) is 8.78. The van der Waals surface area contributed by atoms with Crippen molar-refractivity contribution >= 4 is 0 Å². The van der Waals surface area contributed by atoms with E-state index in [1.807, 2.05) is 57.2 Å². The van der Waals surface area contributed by atoms with E-state index in [1.165, 1.54) is 13.4 Å². The number of methoxy groups -OCH3 is 1. The Labute approximate surface area is 172 Å². The summed E-state index contributed by atoms with van der Waals surface area (Å²) in [5.74, 6) is 0.325. The fourth-order valence-electron chi connectivity index (χ4n) is 3.15. The molecule has 2 heterocycles. The van der Waals surface area contributed by atoms with Crippen LogP contribution in [0.1, 0.15) is 37.6 Å². The van der Waals surface area contributed by atoms with Gasteiger partial charge >= 0.3 is 144 Å². The number of aromatic nitrogens is 3. The predicted molar refractivity (Wildman–Crippen MR) is 104 cm³/mol. The Kier molecular flexibility index (Phi) is 5.67. The third kappa shape index (κ3) is 3.59. The summed E-state index contributed by atoms with van der Waals surface area (Å²) in [6.45, 7) is 5.82. The molecule has 0 radical (unpaired) electrons. The van der Waals surface area contributed by atoms with Crippen LogP contribution in [0.15, 0.2) is 55.1 Å². The normalized spacial score (nSPS) is 13.5. The Morgan fingerprint density at radius 2 is 1.64 bits per heavy atom. The molecule has 0 amide bonds. The summed E-state index contributed by atoms with van der Waals surface area (Å²) in [7, 11) is 1.52. The van der Waals surface area contributed by atoms with Crippen molar-refractivity contribution in [1.82, 2.24) is 15.0 Å². The molecule has 0 fully saturated rings. The fraction of sp³-hybridized carbons (Fsp3) is 0.273. The van der Waals surface area contributed by atoms with Crippen LogP contribution in [0, 0.1) is 10.2 Å². The molecule has 1 atom stereocenters. The molecule has 1 aromatic carbocycles. The van der Waals surface area contributed by atoms with Gasteiger partial charge in [-0.3, -0.25) is 0 Å². The van der Waals surface area contributed by atoms with Crippen molar-refractivity contribution in [1.29, 1.82) is 0 Å². The van der Waals surface area contributed by atoms with E-state index < -0.39 is 11.0 Å². The number of hydrogen-bond acceptors (Lipinski definition) is 5. The van der Waals surface area contributed by atoms with E-state index in [2.05, 4.69) is 34.6 Å². The summed E-state index contributed by atoms with van der Waals surface area (Å²) < 4.78 is 5.37. The fourth-order valence-corrected chi connectivity index (χ4v) is 3.31. The van der Waals surface area contributed by atoms with Gasteiger partial charge in [0, 0.05) is 0 Å². The summed E-state index contributed by atoms with van der Waals surface area (Å²) in [5, 5.41) is 11.8. The quantitative estimate of drug-likeness (QED) is 0.654. The Morgan fingerprint density at radius 3 is 2.18 bits per heavy atom. The maximum absolute atomic E-state index is 11.8. The average Bonchev–Trinajstić information content (AvgIpc) is 2.72. The van der Waals surface area contributed by atoms with E-state index >= 15 is 0 Å². The second-order valence-corrected chi connectivity index (χ2v) is 7.74. The molecule has 2 aromatic heterocycles. The molecule has 1 N–H and O–H groups in total. The van der Waals surface area contributed by atoms with Crippen LogP contribution >= 0.6 is 0 Å². The first kappa shape index (κ1) is 20.2. The molecular formula is C22H22N3NiO2. The van der Waals surface area contributed by atoms with Gasteiger partial charge in [0.2, 0.25) is 0 Å². The molecule has 6 heteroatoms. The standard InChI is InChI=1S/C22H22N3O2.Ni/c1-15-6-8-16(9-7-15)17-10-11-19(24-12-17)22(26,21(2,3)4)18-13-23-14-25-20(18)27-5;/h6-14,26H,2-5H3;. The molecule has 0 aliphatic rings. The van der Waals surface area contributed by atoms with Crippen molar-refractivity contribution in [3.8, 4) is 21.8 Å². The minimum absolute atomic E-state index is 0.325. The Morgan fingerprint density at radius 1 is 0.964 bits per heavy atom. The molecule has 0 bridgehead atoms. The van der Waals surface area contributed by atoms with Crippen LogP contribution in [0.4, 0.5) is 0 Å². The van der Waals surface area contributed by atoms with Crippen LogP contribution in [-0.4, -0.2) is 27.2 Å². The van der Waals surface area contributed by atoms with Gasteiger partial charge in [-0.15, -0.1) is 0 Å². The molecule has 0 saturated heterocycles. The number of benzene rings is 1. The van der Waals surface area contributed by atoms with Gasteiger partial charge in [0.25, 0.3) is 0 Å². The summed E-state index contributed by atoms with van der Waals surface area (Å²) in [6, 6.07) is 11.6. The van der Waals surface area contributed by atoms with Crippen molar-refractivity contribution in [2.24, 2.45) is 5.41 Å². The van der Waals surface area contributed by atoms with E-state index in [0.29, 0.717) is 17.1 Å². The first-order chi connectivity index (χ1) is 13.3. The zero-order valence-corrected chi connectivity index (χ0v) is 17.2. The van der Waals surface area contributed by atoms with Gasteiger partial charge in [-0.1, -0.05) is 0 Å². The van der Waals surface area contributed by atoms with Crippen molar-refractivity contribution in [3.05, 3.63) is 71.9 Å². The Balaban J connectivity index is 2.08. The van der Waals surface area contributed by atoms with E-state index in [4.69, 9.17) is 4.74 Å². The molecule has 147 valence electrons. The van der Waals surface area contributed by atoms with Crippen LogP contribution in [0.3, 0.4) is 0 Å². The van der Waals surface area contributed by atoms with Gasteiger partial charge in [-0.05, 0) is 0 Å². The monoisotopic (exact) mass is 418 g/mol. The summed E-state index contributed by atoms with van der Waals surface area (Å²) >= 11 is 4.53. The maximum atomic E-state index is 11.8. The molecule has 0 spiro atoms. The van der Waals surface area contributed by atoms with E-state index in [-0.39, 0.29) is 0 Å². The SMILES string of the molecule is COc1ncncc1C(O)(c1ccc(-c2ccc([C]#[Ni])cc2)cn1)C(C)(C)C. The molecule has 3 rings (SSSR count). The number of nitrogens with zero attached hydrogens (tertiary/aromatic N) is 3. The Bertz CT molecular complexity index is 1010. The van der Waals surface area contributed by atoms with E-state index in [0.717, 1.165) is 16.7 Å². The third-order valence-corrected chi connectivity index (χ3v) is 5.07. The molecule has 0 aliphatic carbocycles. The number of hydrogen-bond donors (Lipinski definition) is 1. The van der Waals surface area contributed by atoms with Gasteiger partial charge in [-0.2, -0.15) is 0 Å². The number of rotatable bonds is 4. The molecule has 1 unspecified atom stereocenters. The molecule has 28 heavy (non-hydrogen) atoms. The second-order valence-electron chi connectivity index (χ2n) is 7.49. The van der Waals surface area contributed by atoms with Gasteiger partial charge < -0.3 is 4.74 Å². The van der Waals surface area contributed by atoms with Crippen LogP contribution in [0.25, 0.3) is 11.1 Å². The van der Waals surface area contributed by atoms with Crippen LogP contribution in [0.5, 0.6) is 5.88 Å². The molecule has 5 nitrogen and oxygen atoms in total. The summed E-state index contributed by atoms with van der Waals surface area (Å²) in [4.78, 5) is 15.6. The first-order valence-corrected chi connectivity index (χ1v) is 9.28. The van der Waals surface area contributed by atoms with Crippen LogP contribution < -0.4 is 4.74 Å². The molecular weight excluding hydrogens is 397 g/mol. The van der Waals surface area contributed by atoms with Crippen molar-refractivity contribution in [2.45, 2.75) is 26.4 Å². The van der Waals surface area contributed by atoms with Gasteiger partial charge in [0.15, 0.2) is 0 Å². The summed E-state index contributed by atoms with van der Waals surface area (Å²) in [5.41, 5.74) is 1.79. The topological polar surface area (TPSA) is 68.1 Å². The number of aliphatic hydroxyl groups is 1. The second kappa shape index (κ2) is 7.85. The predicted octanol–water partition coefficient (Wildman–Crippen LogP) is 3.68. The summed E-state index contributed by atoms with van der Waals surface area (Å²) in [6.07, 6.45) is 4.72. The van der Waals surface area contributed by atoms with Crippen LogP contribution in [-0.2, 0) is 20.4 Å². The third-order valence-electron chi connectivity index (χ3n) is 4.79. The number of pyridine rings is 1. The van der Waals surface area contributed by atoms with Crippen molar-refractivity contribution < 1.29 is 24.7 Å². The van der Waals surface area contributed by atoms with E-state index in [9.17, 15) is 5.11 Å². The van der Waals surface area contributed by atoms with Crippen LogP contribution in [0.2, 0.25) is 0 Å². The zero-order chi connectivity index (χ0) is 20.4. The molecule has 3 aromatic rings. The average molecular weight is 419 g/mol. The van der Waals surface area contributed by atoms with Gasteiger partial charge in [0.05, 0.1) is 7.11 Å². The Hall–Kier alpha value is -2.52. The number of ether oxygens (including phenoxy) is 1. The van der Waals surface area contributed by atoms with Crippen molar-refractivity contribution in [2.75, 3.05) is 7.11 Å². The van der Waals surface area contributed by atoms with E-state index in [1.54, 1.807) is 12.4 Å².